The fourth-order valence-corrected chi connectivity index (χ4v) is 3.44. The van der Waals surface area contributed by atoms with Crippen LogP contribution in [0, 0.1) is 0 Å². The van der Waals surface area contributed by atoms with Crippen molar-refractivity contribution in [1.82, 2.24) is 9.29 Å². The largest absolute Gasteiger partial charge is 0.363 e. The highest BCUT2D eigenvalue weighted by atomic mass is 32.2. The van der Waals surface area contributed by atoms with Crippen LogP contribution in [-0.4, -0.2) is 44.6 Å². The monoisotopic (exact) mass is 269 g/mol. The number of hydrogen-bond donors (Lipinski definition) is 0. The van der Waals surface area contributed by atoms with E-state index >= 15 is 0 Å². The van der Waals surface area contributed by atoms with Crippen molar-refractivity contribution in [1.29, 1.82) is 0 Å². The molecule has 2 rings (SSSR count). The standard InChI is InChI=1S/C12H19N3O2S/c1-14(2)12-8-4-6-10(13-12)11-7-5-9-15(11)18(3,16)17/h4,6,8,11H,5,7,9H2,1-3H3/t11-/m1/s1. The highest BCUT2D eigenvalue weighted by Crippen LogP contribution is 2.33. The smallest absolute Gasteiger partial charge is 0.211 e. The van der Waals surface area contributed by atoms with E-state index in [-0.39, 0.29) is 6.04 Å². The Bertz CT molecular complexity index is 528. The molecule has 1 atom stereocenters. The Morgan fingerprint density at radius 2 is 2.11 bits per heavy atom. The van der Waals surface area contributed by atoms with Crippen molar-refractivity contribution in [2.45, 2.75) is 18.9 Å². The molecule has 1 fully saturated rings. The summed E-state index contributed by atoms with van der Waals surface area (Å²) < 4.78 is 25.0. The average molecular weight is 269 g/mol. The molecule has 2 heterocycles. The first-order valence-electron chi connectivity index (χ1n) is 6.00. The molecule has 0 aromatic carbocycles. The van der Waals surface area contributed by atoms with Crippen LogP contribution in [0.4, 0.5) is 5.82 Å². The lowest BCUT2D eigenvalue weighted by Gasteiger charge is -2.22. The van der Waals surface area contributed by atoms with Crippen LogP contribution in [0.3, 0.4) is 0 Å². The Balaban J connectivity index is 2.33. The van der Waals surface area contributed by atoms with Gasteiger partial charge in [0.1, 0.15) is 5.82 Å². The van der Waals surface area contributed by atoms with Gasteiger partial charge in [-0.25, -0.2) is 13.4 Å². The summed E-state index contributed by atoms with van der Waals surface area (Å²) in [5.41, 5.74) is 0.837. The van der Waals surface area contributed by atoms with E-state index in [0.29, 0.717) is 6.54 Å². The van der Waals surface area contributed by atoms with Crippen LogP contribution in [0.1, 0.15) is 24.6 Å². The van der Waals surface area contributed by atoms with E-state index in [1.807, 2.05) is 37.2 Å². The maximum atomic E-state index is 11.7. The molecule has 0 radical (unpaired) electrons. The van der Waals surface area contributed by atoms with Crippen LogP contribution in [0.15, 0.2) is 18.2 Å². The van der Waals surface area contributed by atoms with E-state index in [1.54, 1.807) is 4.31 Å². The lowest BCUT2D eigenvalue weighted by atomic mass is 10.1. The normalized spacial score (nSPS) is 21.2. The first kappa shape index (κ1) is 13.3. The summed E-state index contributed by atoms with van der Waals surface area (Å²) in [6.07, 6.45) is 3.00. The number of anilines is 1. The van der Waals surface area contributed by atoms with Gasteiger partial charge in [-0.2, -0.15) is 4.31 Å². The quantitative estimate of drug-likeness (QED) is 0.828. The van der Waals surface area contributed by atoms with Gasteiger partial charge in [0.25, 0.3) is 0 Å². The lowest BCUT2D eigenvalue weighted by molar-refractivity contribution is 0.394. The third-order valence-corrected chi connectivity index (χ3v) is 4.47. The summed E-state index contributed by atoms with van der Waals surface area (Å²) in [5, 5.41) is 0. The number of nitrogens with zero attached hydrogens (tertiary/aromatic N) is 3. The minimum absolute atomic E-state index is 0.111. The topological polar surface area (TPSA) is 53.5 Å². The molecule has 6 heteroatoms. The summed E-state index contributed by atoms with van der Waals surface area (Å²) in [6, 6.07) is 5.64. The molecular weight excluding hydrogens is 250 g/mol. The number of hydrogen-bond acceptors (Lipinski definition) is 4. The van der Waals surface area contributed by atoms with Crippen LogP contribution >= 0.6 is 0 Å². The van der Waals surface area contributed by atoms with Crippen molar-refractivity contribution in [2.75, 3.05) is 31.8 Å². The second-order valence-electron chi connectivity index (χ2n) is 4.85. The summed E-state index contributed by atoms with van der Waals surface area (Å²) in [4.78, 5) is 6.46. The molecule has 1 aliphatic rings. The van der Waals surface area contributed by atoms with E-state index in [0.717, 1.165) is 24.4 Å². The summed E-state index contributed by atoms with van der Waals surface area (Å²) in [5.74, 6) is 0.854. The first-order chi connectivity index (χ1) is 8.39. The van der Waals surface area contributed by atoms with E-state index in [2.05, 4.69) is 4.98 Å². The highest BCUT2D eigenvalue weighted by molar-refractivity contribution is 7.88. The molecule has 0 spiro atoms. The van der Waals surface area contributed by atoms with Gasteiger partial charge in [0, 0.05) is 20.6 Å². The molecule has 0 saturated carbocycles. The van der Waals surface area contributed by atoms with Gasteiger partial charge in [-0.15, -0.1) is 0 Å². The third-order valence-electron chi connectivity index (χ3n) is 3.19. The second-order valence-corrected chi connectivity index (χ2v) is 6.78. The van der Waals surface area contributed by atoms with Crippen molar-refractivity contribution >= 4 is 15.8 Å². The summed E-state index contributed by atoms with van der Waals surface area (Å²) in [7, 11) is 0.698. The predicted molar refractivity (Wildman–Crippen MR) is 72.1 cm³/mol. The lowest BCUT2D eigenvalue weighted by Crippen LogP contribution is -2.30. The van der Waals surface area contributed by atoms with Gasteiger partial charge in [-0.3, -0.25) is 0 Å². The number of sulfonamides is 1. The molecule has 0 unspecified atom stereocenters. The van der Waals surface area contributed by atoms with Crippen LogP contribution in [-0.2, 0) is 10.0 Å². The van der Waals surface area contributed by atoms with Crippen LogP contribution in [0.2, 0.25) is 0 Å². The highest BCUT2D eigenvalue weighted by Gasteiger charge is 2.33. The molecule has 1 aromatic rings. The molecule has 0 N–H and O–H groups in total. The van der Waals surface area contributed by atoms with E-state index < -0.39 is 10.0 Å². The Hall–Kier alpha value is -1.14. The molecule has 0 amide bonds. The van der Waals surface area contributed by atoms with Crippen molar-refractivity contribution in [3.8, 4) is 0 Å². The Labute approximate surface area is 108 Å². The molecule has 1 aromatic heterocycles. The van der Waals surface area contributed by atoms with E-state index in [9.17, 15) is 8.42 Å². The molecule has 18 heavy (non-hydrogen) atoms. The average Bonchev–Trinajstić information content (AvgIpc) is 2.77. The fraction of sp³-hybridized carbons (Fsp3) is 0.583. The molecule has 0 bridgehead atoms. The van der Waals surface area contributed by atoms with E-state index in [1.165, 1.54) is 6.26 Å². The second kappa shape index (κ2) is 4.85. The molecule has 1 aliphatic heterocycles. The van der Waals surface area contributed by atoms with Crippen molar-refractivity contribution in [3.63, 3.8) is 0 Å². The Morgan fingerprint density at radius 1 is 1.39 bits per heavy atom. The Morgan fingerprint density at radius 3 is 2.72 bits per heavy atom. The molecule has 0 aliphatic carbocycles. The van der Waals surface area contributed by atoms with Gasteiger partial charge >= 0.3 is 0 Å². The van der Waals surface area contributed by atoms with Gasteiger partial charge in [0.15, 0.2) is 0 Å². The zero-order chi connectivity index (χ0) is 13.3. The van der Waals surface area contributed by atoms with Gasteiger partial charge in [0.2, 0.25) is 10.0 Å². The maximum Gasteiger partial charge on any atom is 0.211 e. The van der Waals surface area contributed by atoms with Crippen molar-refractivity contribution in [2.24, 2.45) is 0 Å². The van der Waals surface area contributed by atoms with Crippen LogP contribution in [0.5, 0.6) is 0 Å². The van der Waals surface area contributed by atoms with Crippen molar-refractivity contribution < 1.29 is 8.42 Å². The van der Waals surface area contributed by atoms with Crippen molar-refractivity contribution in [3.05, 3.63) is 23.9 Å². The van der Waals surface area contributed by atoms with Gasteiger partial charge in [0.05, 0.1) is 18.0 Å². The first-order valence-corrected chi connectivity index (χ1v) is 7.85. The molecular formula is C12H19N3O2S. The number of aromatic nitrogens is 1. The summed E-state index contributed by atoms with van der Waals surface area (Å²) >= 11 is 0. The Kier molecular flexibility index (Phi) is 3.59. The SMILES string of the molecule is CN(C)c1cccc([C@H]2CCCN2S(C)(=O)=O)n1. The number of pyridine rings is 1. The minimum atomic E-state index is -3.15. The third kappa shape index (κ3) is 2.64. The predicted octanol–water partition coefficient (Wildman–Crippen LogP) is 1.24. The van der Waals surface area contributed by atoms with Gasteiger partial charge in [-0.05, 0) is 25.0 Å². The van der Waals surface area contributed by atoms with E-state index in [4.69, 9.17) is 0 Å². The van der Waals surface area contributed by atoms with Crippen LogP contribution < -0.4 is 4.90 Å². The molecule has 1 saturated heterocycles. The molecule has 5 nitrogen and oxygen atoms in total. The maximum absolute atomic E-state index is 11.7. The van der Waals surface area contributed by atoms with Crippen LogP contribution in [0.25, 0.3) is 0 Å². The summed E-state index contributed by atoms with van der Waals surface area (Å²) in [6.45, 7) is 0.595. The molecule has 100 valence electrons. The van der Waals surface area contributed by atoms with Gasteiger partial charge in [-0.1, -0.05) is 6.07 Å². The zero-order valence-corrected chi connectivity index (χ0v) is 11.8. The zero-order valence-electron chi connectivity index (χ0n) is 11.0. The number of rotatable bonds is 3. The fourth-order valence-electron chi connectivity index (χ4n) is 2.31. The minimum Gasteiger partial charge on any atom is -0.363 e. The van der Waals surface area contributed by atoms with Gasteiger partial charge < -0.3 is 4.90 Å².